The van der Waals surface area contributed by atoms with Gasteiger partial charge in [0.05, 0.1) is 13.7 Å². The zero-order chi connectivity index (χ0) is 8.27. The predicted molar refractivity (Wildman–Crippen MR) is 43.3 cm³/mol. The van der Waals surface area contributed by atoms with Crippen LogP contribution in [0.3, 0.4) is 0 Å². The van der Waals surface area contributed by atoms with Crippen LogP contribution in [0.4, 0.5) is 5.69 Å². The van der Waals surface area contributed by atoms with Gasteiger partial charge >= 0.3 is 0 Å². The summed E-state index contributed by atoms with van der Waals surface area (Å²) in [6, 6.07) is 5.16. The van der Waals surface area contributed by atoms with E-state index >= 15 is 0 Å². The van der Waals surface area contributed by atoms with Crippen LogP contribution in [0.2, 0.25) is 0 Å². The highest BCUT2D eigenvalue weighted by molar-refractivity contribution is 5.48. The van der Waals surface area contributed by atoms with E-state index in [0.717, 1.165) is 5.56 Å². The first-order chi connectivity index (χ1) is 5.27. The molecule has 0 bridgehead atoms. The molecule has 3 heteroatoms. The van der Waals surface area contributed by atoms with E-state index in [9.17, 15) is 0 Å². The molecule has 0 saturated carbocycles. The van der Waals surface area contributed by atoms with Crippen LogP contribution in [0.1, 0.15) is 5.56 Å². The zero-order valence-electron chi connectivity index (χ0n) is 6.37. The van der Waals surface area contributed by atoms with E-state index in [4.69, 9.17) is 15.6 Å². The summed E-state index contributed by atoms with van der Waals surface area (Å²) in [7, 11) is 1.55. The monoisotopic (exact) mass is 153 g/mol. The van der Waals surface area contributed by atoms with Crippen molar-refractivity contribution in [1.29, 1.82) is 0 Å². The van der Waals surface area contributed by atoms with Crippen molar-refractivity contribution in [1.82, 2.24) is 0 Å². The number of hydrogen-bond donors (Lipinski definition) is 2. The van der Waals surface area contributed by atoms with Gasteiger partial charge in [-0.15, -0.1) is 0 Å². The van der Waals surface area contributed by atoms with Gasteiger partial charge in [-0.25, -0.2) is 0 Å². The molecule has 0 unspecified atom stereocenters. The van der Waals surface area contributed by atoms with Crippen LogP contribution in [0.25, 0.3) is 0 Å². The molecule has 0 aliphatic rings. The lowest BCUT2D eigenvalue weighted by molar-refractivity contribution is 0.274. The second-order valence-electron chi connectivity index (χ2n) is 2.23. The number of anilines is 1. The molecule has 0 amide bonds. The third kappa shape index (κ3) is 1.62. The summed E-state index contributed by atoms with van der Waals surface area (Å²) in [5.74, 6) is 0.632. The van der Waals surface area contributed by atoms with Gasteiger partial charge in [-0.2, -0.15) is 0 Å². The lowest BCUT2D eigenvalue weighted by Gasteiger charge is -2.05. The summed E-state index contributed by atoms with van der Waals surface area (Å²) < 4.78 is 4.98. The first-order valence-corrected chi connectivity index (χ1v) is 3.31. The van der Waals surface area contributed by atoms with Gasteiger partial charge in [0.1, 0.15) is 5.75 Å². The van der Waals surface area contributed by atoms with Crippen molar-refractivity contribution in [3.63, 3.8) is 0 Å². The van der Waals surface area contributed by atoms with Crippen LogP contribution in [0.15, 0.2) is 18.2 Å². The fourth-order valence-electron chi connectivity index (χ4n) is 0.892. The molecule has 1 rings (SSSR count). The van der Waals surface area contributed by atoms with Gasteiger partial charge in [0, 0.05) is 17.3 Å². The maximum atomic E-state index is 8.82. The Bertz CT molecular complexity index is 248. The fourth-order valence-corrected chi connectivity index (χ4v) is 0.892. The van der Waals surface area contributed by atoms with Crippen LogP contribution in [-0.4, -0.2) is 12.2 Å². The van der Waals surface area contributed by atoms with Crippen molar-refractivity contribution in [2.24, 2.45) is 0 Å². The largest absolute Gasteiger partial charge is 0.496 e. The Morgan fingerprint density at radius 2 is 2.27 bits per heavy atom. The van der Waals surface area contributed by atoms with Crippen molar-refractivity contribution in [2.75, 3.05) is 12.8 Å². The topological polar surface area (TPSA) is 55.5 Å². The summed E-state index contributed by atoms with van der Waals surface area (Å²) in [5, 5.41) is 8.82. The number of ether oxygens (including phenoxy) is 1. The van der Waals surface area contributed by atoms with E-state index in [1.165, 1.54) is 0 Å². The normalized spacial score (nSPS) is 9.64. The molecule has 11 heavy (non-hydrogen) atoms. The number of hydrogen-bond acceptors (Lipinski definition) is 3. The third-order valence-electron chi connectivity index (χ3n) is 1.48. The average molecular weight is 153 g/mol. The molecule has 1 aromatic rings. The third-order valence-corrected chi connectivity index (χ3v) is 1.48. The van der Waals surface area contributed by atoms with E-state index < -0.39 is 0 Å². The molecular formula is C8H11NO2. The molecular weight excluding hydrogens is 142 g/mol. The van der Waals surface area contributed by atoms with Gasteiger partial charge in [-0.3, -0.25) is 0 Å². The molecule has 0 heterocycles. The van der Waals surface area contributed by atoms with Gasteiger partial charge in [0.25, 0.3) is 0 Å². The maximum Gasteiger partial charge on any atom is 0.126 e. The zero-order valence-corrected chi connectivity index (χ0v) is 6.37. The molecule has 3 N–H and O–H groups in total. The van der Waals surface area contributed by atoms with E-state index in [1.807, 2.05) is 0 Å². The molecule has 0 atom stereocenters. The predicted octanol–water partition coefficient (Wildman–Crippen LogP) is 0.770. The Hall–Kier alpha value is -1.22. The molecule has 3 nitrogen and oxygen atoms in total. The number of benzene rings is 1. The number of aliphatic hydroxyl groups excluding tert-OH is 1. The summed E-state index contributed by atoms with van der Waals surface area (Å²) in [4.78, 5) is 0. The van der Waals surface area contributed by atoms with Gasteiger partial charge in [0.15, 0.2) is 0 Å². The molecule has 0 aromatic heterocycles. The summed E-state index contributed by atoms with van der Waals surface area (Å²) in [6.45, 7) is -0.0244. The molecule has 0 aliphatic heterocycles. The fraction of sp³-hybridized carbons (Fsp3) is 0.250. The minimum absolute atomic E-state index is 0.0244. The SMILES string of the molecule is COc1cc(N)ccc1CO. The average Bonchev–Trinajstić information content (AvgIpc) is 2.04. The smallest absolute Gasteiger partial charge is 0.126 e. The molecule has 0 saturated heterocycles. The first-order valence-electron chi connectivity index (χ1n) is 3.31. The summed E-state index contributed by atoms with van der Waals surface area (Å²) in [6.07, 6.45) is 0. The number of nitrogen functional groups attached to an aromatic ring is 1. The van der Waals surface area contributed by atoms with Crippen molar-refractivity contribution < 1.29 is 9.84 Å². The van der Waals surface area contributed by atoms with Gasteiger partial charge in [-0.1, -0.05) is 6.07 Å². The Kier molecular flexibility index (Phi) is 2.33. The maximum absolute atomic E-state index is 8.82. The first kappa shape index (κ1) is 7.88. The quantitative estimate of drug-likeness (QED) is 0.617. The molecule has 0 fully saturated rings. The Balaban J connectivity index is 3.06. The lowest BCUT2D eigenvalue weighted by Crippen LogP contribution is -1.93. The van der Waals surface area contributed by atoms with Crippen LogP contribution < -0.4 is 10.5 Å². The Labute approximate surface area is 65.4 Å². The number of methoxy groups -OCH3 is 1. The van der Waals surface area contributed by atoms with Crippen molar-refractivity contribution in [3.05, 3.63) is 23.8 Å². The van der Waals surface area contributed by atoms with E-state index in [-0.39, 0.29) is 6.61 Å². The highest BCUT2D eigenvalue weighted by Crippen LogP contribution is 2.20. The van der Waals surface area contributed by atoms with Gasteiger partial charge in [-0.05, 0) is 6.07 Å². The molecule has 0 radical (unpaired) electrons. The molecule has 0 spiro atoms. The molecule has 60 valence electrons. The Morgan fingerprint density at radius 1 is 1.55 bits per heavy atom. The minimum atomic E-state index is -0.0244. The van der Waals surface area contributed by atoms with Crippen LogP contribution in [0.5, 0.6) is 5.75 Å². The number of rotatable bonds is 2. The lowest BCUT2D eigenvalue weighted by atomic mass is 10.2. The summed E-state index contributed by atoms with van der Waals surface area (Å²) >= 11 is 0. The minimum Gasteiger partial charge on any atom is -0.496 e. The van der Waals surface area contributed by atoms with Crippen molar-refractivity contribution in [3.8, 4) is 5.75 Å². The summed E-state index contributed by atoms with van der Waals surface area (Å²) in [5.41, 5.74) is 6.89. The van der Waals surface area contributed by atoms with Crippen LogP contribution >= 0.6 is 0 Å². The van der Waals surface area contributed by atoms with E-state index in [2.05, 4.69) is 0 Å². The number of nitrogens with two attached hydrogens (primary N) is 1. The molecule has 1 aromatic carbocycles. The molecule has 0 aliphatic carbocycles. The van der Waals surface area contributed by atoms with Gasteiger partial charge < -0.3 is 15.6 Å². The van der Waals surface area contributed by atoms with Crippen molar-refractivity contribution >= 4 is 5.69 Å². The highest BCUT2D eigenvalue weighted by atomic mass is 16.5. The van der Waals surface area contributed by atoms with E-state index in [0.29, 0.717) is 11.4 Å². The number of aliphatic hydroxyl groups is 1. The second-order valence-corrected chi connectivity index (χ2v) is 2.23. The standard InChI is InChI=1S/C8H11NO2/c1-11-8-4-7(9)3-2-6(8)5-10/h2-4,10H,5,9H2,1H3. The Morgan fingerprint density at radius 3 is 2.82 bits per heavy atom. The van der Waals surface area contributed by atoms with Crippen LogP contribution in [-0.2, 0) is 6.61 Å². The van der Waals surface area contributed by atoms with E-state index in [1.54, 1.807) is 25.3 Å². The van der Waals surface area contributed by atoms with Gasteiger partial charge in [0.2, 0.25) is 0 Å². The second kappa shape index (κ2) is 3.25. The van der Waals surface area contributed by atoms with Crippen LogP contribution in [0, 0.1) is 0 Å². The highest BCUT2D eigenvalue weighted by Gasteiger charge is 2.00. The van der Waals surface area contributed by atoms with Crippen molar-refractivity contribution in [2.45, 2.75) is 6.61 Å².